The number of amides is 2. The third-order valence-corrected chi connectivity index (χ3v) is 7.24. The highest BCUT2D eigenvalue weighted by Gasteiger charge is 2.30. The van der Waals surface area contributed by atoms with Gasteiger partial charge in [0.05, 0.1) is 0 Å². The van der Waals surface area contributed by atoms with Gasteiger partial charge in [0.15, 0.2) is 0 Å². The lowest BCUT2D eigenvalue weighted by Gasteiger charge is -2.31. The average Bonchev–Trinajstić information content (AvgIpc) is 2.88. The van der Waals surface area contributed by atoms with E-state index in [1.807, 2.05) is 72.8 Å². The number of carbonyl (C=O) groups is 2. The van der Waals surface area contributed by atoms with Crippen LogP contribution in [0.15, 0.2) is 83.8 Å². The van der Waals surface area contributed by atoms with Crippen molar-refractivity contribution in [2.24, 2.45) is 0 Å². The Hall–Kier alpha value is -2.47. The number of unbranched alkanes of at least 4 members (excludes halogenated alkanes) is 1. The zero-order valence-corrected chi connectivity index (χ0v) is 22.8. The lowest BCUT2D eigenvalue weighted by atomic mass is 10.0. The summed E-state index contributed by atoms with van der Waals surface area (Å²) in [7, 11) is 0. The molecule has 0 aliphatic carbocycles. The maximum Gasteiger partial charge on any atom is 0.243 e. The predicted molar refractivity (Wildman–Crippen MR) is 151 cm³/mol. The van der Waals surface area contributed by atoms with Gasteiger partial charge in [0.1, 0.15) is 6.04 Å². The van der Waals surface area contributed by atoms with Crippen molar-refractivity contribution in [1.82, 2.24) is 10.2 Å². The minimum absolute atomic E-state index is 0.0667. The van der Waals surface area contributed by atoms with E-state index in [0.29, 0.717) is 41.7 Å². The van der Waals surface area contributed by atoms with Crippen molar-refractivity contribution < 1.29 is 9.59 Å². The Labute approximate surface area is 228 Å². The van der Waals surface area contributed by atoms with Crippen molar-refractivity contribution in [3.63, 3.8) is 0 Å². The van der Waals surface area contributed by atoms with Gasteiger partial charge in [0, 0.05) is 46.6 Å². The lowest BCUT2D eigenvalue weighted by molar-refractivity contribution is -0.141. The van der Waals surface area contributed by atoms with Crippen LogP contribution in [0.25, 0.3) is 0 Å². The van der Waals surface area contributed by atoms with Crippen LogP contribution in [0, 0.1) is 0 Å². The molecule has 1 atom stereocenters. The molecular formula is C29H32Cl2N2O2S. The molecule has 0 unspecified atom stereocenters. The number of hydrogen-bond donors (Lipinski definition) is 1. The molecule has 36 heavy (non-hydrogen) atoms. The predicted octanol–water partition coefficient (Wildman–Crippen LogP) is 7.03. The third kappa shape index (κ3) is 9.20. The summed E-state index contributed by atoms with van der Waals surface area (Å²) < 4.78 is 0. The minimum atomic E-state index is -0.628. The number of nitrogens with one attached hydrogen (secondary N) is 1. The molecule has 3 aromatic carbocycles. The number of rotatable bonds is 13. The Kier molecular flexibility index (Phi) is 11.7. The second kappa shape index (κ2) is 14.9. The van der Waals surface area contributed by atoms with E-state index in [1.165, 1.54) is 0 Å². The summed E-state index contributed by atoms with van der Waals surface area (Å²) in [5.41, 5.74) is 1.90. The quantitative estimate of drug-likeness (QED) is 0.186. The van der Waals surface area contributed by atoms with Crippen LogP contribution in [0.4, 0.5) is 0 Å². The molecular weight excluding hydrogens is 511 g/mol. The van der Waals surface area contributed by atoms with E-state index < -0.39 is 6.04 Å². The number of thioether (sulfide) groups is 1. The van der Waals surface area contributed by atoms with Gasteiger partial charge in [-0.2, -0.15) is 0 Å². The molecule has 4 nitrogen and oxygen atoms in total. The molecule has 3 aromatic rings. The van der Waals surface area contributed by atoms with Crippen molar-refractivity contribution in [1.29, 1.82) is 0 Å². The summed E-state index contributed by atoms with van der Waals surface area (Å²) >= 11 is 13.8. The van der Waals surface area contributed by atoms with Gasteiger partial charge in [-0.25, -0.2) is 0 Å². The number of carbonyl (C=O) groups excluding carboxylic acids is 2. The first-order chi connectivity index (χ1) is 17.5. The largest absolute Gasteiger partial charge is 0.354 e. The van der Waals surface area contributed by atoms with Crippen molar-refractivity contribution in [3.05, 3.63) is 100 Å². The zero-order valence-electron chi connectivity index (χ0n) is 20.5. The topological polar surface area (TPSA) is 49.4 Å². The average molecular weight is 544 g/mol. The Morgan fingerprint density at radius 3 is 2.33 bits per heavy atom. The number of hydrogen-bond acceptors (Lipinski definition) is 3. The van der Waals surface area contributed by atoms with Crippen LogP contribution in [0.2, 0.25) is 10.0 Å². The van der Waals surface area contributed by atoms with Crippen LogP contribution in [0.1, 0.15) is 37.3 Å². The fraction of sp³-hybridized carbons (Fsp3) is 0.310. The molecule has 2 amide bonds. The van der Waals surface area contributed by atoms with Crippen molar-refractivity contribution in [2.75, 3.05) is 12.3 Å². The maximum atomic E-state index is 13.6. The number of halogens is 2. The van der Waals surface area contributed by atoms with Crippen LogP contribution in [0.3, 0.4) is 0 Å². The Morgan fingerprint density at radius 2 is 1.64 bits per heavy atom. The van der Waals surface area contributed by atoms with E-state index in [0.717, 1.165) is 28.9 Å². The van der Waals surface area contributed by atoms with E-state index in [2.05, 4.69) is 12.2 Å². The van der Waals surface area contributed by atoms with E-state index in [1.54, 1.807) is 22.7 Å². The maximum absolute atomic E-state index is 13.6. The molecule has 0 radical (unpaired) electrons. The highest BCUT2D eigenvalue weighted by molar-refractivity contribution is 7.99. The van der Waals surface area contributed by atoms with Gasteiger partial charge in [-0.15, -0.1) is 11.8 Å². The van der Waals surface area contributed by atoms with Crippen LogP contribution < -0.4 is 5.32 Å². The SMILES string of the molecule is CCCCNC(=O)[C@@H](Cc1ccccc1)N(Cc1cccc(Cl)c1)C(=O)CCSc1ccc(Cl)cc1. The van der Waals surface area contributed by atoms with Gasteiger partial charge in [-0.3, -0.25) is 9.59 Å². The summed E-state index contributed by atoms with van der Waals surface area (Å²) in [4.78, 5) is 29.8. The second-order valence-electron chi connectivity index (χ2n) is 8.55. The van der Waals surface area contributed by atoms with Crippen molar-refractivity contribution in [3.8, 4) is 0 Å². The molecule has 0 spiro atoms. The van der Waals surface area contributed by atoms with Crippen molar-refractivity contribution in [2.45, 2.75) is 50.1 Å². The minimum Gasteiger partial charge on any atom is -0.354 e. The molecule has 3 rings (SSSR count). The number of benzene rings is 3. The molecule has 0 saturated carbocycles. The van der Waals surface area contributed by atoms with Gasteiger partial charge in [0.25, 0.3) is 0 Å². The normalized spacial score (nSPS) is 11.6. The van der Waals surface area contributed by atoms with Gasteiger partial charge < -0.3 is 10.2 Å². The van der Waals surface area contributed by atoms with Crippen LogP contribution in [0.5, 0.6) is 0 Å². The molecule has 0 saturated heterocycles. The summed E-state index contributed by atoms with van der Waals surface area (Å²) in [6.45, 7) is 2.98. The molecule has 0 bridgehead atoms. The van der Waals surface area contributed by atoms with Crippen LogP contribution >= 0.6 is 35.0 Å². The van der Waals surface area contributed by atoms with E-state index in [9.17, 15) is 9.59 Å². The van der Waals surface area contributed by atoms with E-state index in [-0.39, 0.29) is 11.8 Å². The standard InChI is InChI=1S/C29H32Cl2N2O2S/c1-2-3-17-32-29(35)27(20-22-8-5-4-6-9-22)33(21-23-10-7-11-25(31)19-23)28(34)16-18-36-26-14-12-24(30)13-15-26/h4-15,19,27H,2-3,16-18,20-21H2,1H3,(H,32,35)/t27-/m1/s1. The Morgan fingerprint density at radius 1 is 0.917 bits per heavy atom. The van der Waals surface area contributed by atoms with E-state index in [4.69, 9.17) is 23.2 Å². The molecule has 7 heteroatoms. The fourth-order valence-corrected chi connectivity index (χ4v) is 5.00. The van der Waals surface area contributed by atoms with Gasteiger partial charge in [-0.05, 0) is 53.9 Å². The first-order valence-corrected chi connectivity index (χ1v) is 13.9. The Bertz CT molecular complexity index is 1110. The molecule has 0 fully saturated rings. The molecule has 0 heterocycles. The highest BCUT2D eigenvalue weighted by Crippen LogP contribution is 2.23. The molecule has 190 valence electrons. The smallest absolute Gasteiger partial charge is 0.243 e. The highest BCUT2D eigenvalue weighted by atomic mass is 35.5. The molecule has 1 N–H and O–H groups in total. The second-order valence-corrected chi connectivity index (χ2v) is 10.6. The molecule has 0 aliphatic heterocycles. The van der Waals surface area contributed by atoms with Crippen molar-refractivity contribution >= 4 is 46.8 Å². The molecule has 0 aromatic heterocycles. The van der Waals surface area contributed by atoms with Gasteiger partial charge >= 0.3 is 0 Å². The fourth-order valence-electron chi connectivity index (χ4n) is 3.82. The van der Waals surface area contributed by atoms with Crippen LogP contribution in [-0.4, -0.2) is 35.1 Å². The number of nitrogens with zero attached hydrogens (tertiary/aromatic N) is 1. The summed E-state index contributed by atoms with van der Waals surface area (Å²) in [5, 5.41) is 4.33. The van der Waals surface area contributed by atoms with Gasteiger partial charge in [-0.1, -0.05) is 79.0 Å². The zero-order chi connectivity index (χ0) is 25.8. The summed E-state index contributed by atoms with van der Waals surface area (Å²) in [5.74, 6) is 0.401. The summed E-state index contributed by atoms with van der Waals surface area (Å²) in [6.07, 6.45) is 2.62. The molecule has 0 aliphatic rings. The first kappa shape index (κ1) is 28.1. The monoisotopic (exact) mass is 542 g/mol. The van der Waals surface area contributed by atoms with Crippen LogP contribution in [-0.2, 0) is 22.6 Å². The third-order valence-electron chi connectivity index (χ3n) is 5.74. The van der Waals surface area contributed by atoms with Gasteiger partial charge in [0.2, 0.25) is 11.8 Å². The van der Waals surface area contributed by atoms with E-state index >= 15 is 0 Å². The summed E-state index contributed by atoms with van der Waals surface area (Å²) in [6, 6.07) is 24.2. The lowest BCUT2D eigenvalue weighted by Crippen LogP contribution is -2.50. The Balaban J connectivity index is 1.82. The first-order valence-electron chi connectivity index (χ1n) is 12.2.